The van der Waals surface area contributed by atoms with Crippen LogP contribution >= 0.6 is 0 Å². The topological polar surface area (TPSA) is 42.9 Å². The van der Waals surface area contributed by atoms with Gasteiger partial charge in [-0.2, -0.15) is 13.2 Å². The van der Waals surface area contributed by atoms with Gasteiger partial charge in [0.2, 0.25) is 5.82 Å². The van der Waals surface area contributed by atoms with E-state index < -0.39 is 12.0 Å². The van der Waals surface area contributed by atoms with Crippen LogP contribution in [0.3, 0.4) is 0 Å². The molecule has 84 valence electrons. The Morgan fingerprint density at radius 2 is 1.60 bits per heavy atom. The first-order chi connectivity index (χ1) is 6.91. The zero-order valence-electron chi connectivity index (χ0n) is 8.59. The van der Waals surface area contributed by atoms with E-state index in [0.717, 1.165) is 12.4 Å². The van der Waals surface area contributed by atoms with Crippen molar-refractivity contribution in [1.82, 2.24) is 9.97 Å². The predicted molar refractivity (Wildman–Crippen MR) is 48.4 cm³/mol. The highest BCUT2D eigenvalue weighted by Gasteiger charge is 2.34. The molecule has 15 heavy (non-hydrogen) atoms. The summed E-state index contributed by atoms with van der Waals surface area (Å²) in [6.45, 7) is 5.23. The van der Waals surface area contributed by atoms with E-state index in [9.17, 15) is 18.0 Å². The molecule has 0 unspecified atom stereocenters. The van der Waals surface area contributed by atoms with Crippen molar-refractivity contribution in [1.29, 1.82) is 0 Å². The first-order valence-corrected chi connectivity index (χ1v) is 4.31. The molecule has 0 N–H and O–H groups in total. The van der Waals surface area contributed by atoms with Crippen LogP contribution in [0.1, 0.15) is 37.0 Å². The Morgan fingerprint density at radius 3 is 1.87 bits per heavy atom. The number of carbonyl (C=O) groups is 1. The van der Waals surface area contributed by atoms with E-state index in [0.29, 0.717) is 0 Å². The molecule has 0 atom stereocenters. The van der Waals surface area contributed by atoms with Crippen molar-refractivity contribution in [3.63, 3.8) is 0 Å². The van der Waals surface area contributed by atoms with Crippen molar-refractivity contribution in [2.45, 2.75) is 26.9 Å². The first kappa shape index (κ1) is 13.5. The smallest absolute Gasteiger partial charge is 0.294 e. The Labute approximate surface area is 85.4 Å². The first-order valence-electron chi connectivity index (χ1n) is 4.31. The molecule has 0 aliphatic carbocycles. The number of nitrogens with zero attached hydrogens (tertiary/aromatic N) is 2. The summed E-state index contributed by atoms with van der Waals surface area (Å²) >= 11 is 0. The fourth-order valence-electron chi connectivity index (χ4n) is 0.656. The van der Waals surface area contributed by atoms with Crippen LogP contribution in [0.5, 0.6) is 0 Å². The van der Waals surface area contributed by atoms with E-state index in [-0.39, 0.29) is 11.3 Å². The maximum Gasteiger partial charge on any atom is 0.451 e. The van der Waals surface area contributed by atoms with Crippen molar-refractivity contribution < 1.29 is 18.0 Å². The Balaban J connectivity index is 0.000000921. The number of hydrogen-bond donors (Lipinski definition) is 0. The molecule has 0 bridgehead atoms. The minimum Gasteiger partial charge on any atom is -0.294 e. The number of Topliss-reactive ketones (excluding diaryl/α,β-unsaturated/α-hetero) is 1. The standard InChI is InChI=1S/C7H5F3N2O.C2H6/c1-4(13)5-2-11-6(12-3-5)7(8,9)10;1-2/h2-3H,1H3;1-2H3. The number of ketones is 1. The van der Waals surface area contributed by atoms with Gasteiger partial charge in [0.25, 0.3) is 0 Å². The Morgan fingerprint density at radius 1 is 1.20 bits per heavy atom. The van der Waals surface area contributed by atoms with Gasteiger partial charge in [-0.05, 0) is 6.92 Å². The van der Waals surface area contributed by atoms with Crippen molar-refractivity contribution in [2.75, 3.05) is 0 Å². The monoisotopic (exact) mass is 220 g/mol. The van der Waals surface area contributed by atoms with Gasteiger partial charge in [-0.15, -0.1) is 0 Å². The van der Waals surface area contributed by atoms with E-state index >= 15 is 0 Å². The molecule has 0 aliphatic rings. The Hall–Kier alpha value is -1.46. The lowest BCUT2D eigenvalue weighted by Crippen LogP contribution is -2.11. The van der Waals surface area contributed by atoms with E-state index in [4.69, 9.17) is 0 Å². The van der Waals surface area contributed by atoms with Crippen molar-refractivity contribution in [2.24, 2.45) is 0 Å². The molecule has 0 saturated carbocycles. The molecule has 0 saturated heterocycles. The maximum absolute atomic E-state index is 11.9. The van der Waals surface area contributed by atoms with Crippen LogP contribution in [0, 0.1) is 0 Å². The van der Waals surface area contributed by atoms with E-state index in [1.807, 2.05) is 13.8 Å². The second-order valence-corrected chi connectivity index (χ2v) is 2.35. The second-order valence-electron chi connectivity index (χ2n) is 2.35. The van der Waals surface area contributed by atoms with Crippen LogP contribution in [-0.4, -0.2) is 15.8 Å². The van der Waals surface area contributed by atoms with Crippen LogP contribution < -0.4 is 0 Å². The third kappa shape index (κ3) is 4.05. The van der Waals surface area contributed by atoms with Crippen LogP contribution in [0.15, 0.2) is 12.4 Å². The normalized spacial score (nSPS) is 10.3. The van der Waals surface area contributed by atoms with Crippen LogP contribution in [0.4, 0.5) is 13.2 Å². The maximum atomic E-state index is 11.9. The number of halogens is 3. The Bertz CT molecular complexity index is 319. The predicted octanol–water partition coefficient (Wildman–Crippen LogP) is 2.72. The molecular formula is C9H11F3N2O. The lowest BCUT2D eigenvalue weighted by molar-refractivity contribution is -0.145. The molecule has 0 aliphatic heterocycles. The molecule has 0 amide bonds. The van der Waals surface area contributed by atoms with Gasteiger partial charge in [0.05, 0.1) is 5.56 Å². The fourth-order valence-corrected chi connectivity index (χ4v) is 0.656. The SMILES string of the molecule is CC.CC(=O)c1cnc(C(F)(F)F)nc1. The van der Waals surface area contributed by atoms with Crippen LogP contribution in [-0.2, 0) is 6.18 Å². The van der Waals surface area contributed by atoms with Crippen molar-refractivity contribution >= 4 is 5.78 Å². The number of carbonyl (C=O) groups excluding carboxylic acids is 1. The molecule has 3 nitrogen and oxygen atoms in total. The number of alkyl halides is 3. The zero-order valence-corrected chi connectivity index (χ0v) is 8.59. The second kappa shape index (κ2) is 5.43. The van der Waals surface area contributed by atoms with Gasteiger partial charge in [-0.1, -0.05) is 13.8 Å². The van der Waals surface area contributed by atoms with E-state index in [1.54, 1.807) is 0 Å². The zero-order chi connectivity index (χ0) is 12.1. The lowest BCUT2D eigenvalue weighted by Gasteiger charge is -2.03. The fraction of sp³-hybridized carbons (Fsp3) is 0.444. The van der Waals surface area contributed by atoms with Crippen molar-refractivity contribution in [3.05, 3.63) is 23.8 Å². The molecule has 1 rings (SSSR count). The summed E-state index contributed by atoms with van der Waals surface area (Å²) in [5.74, 6) is -1.61. The molecule has 0 aromatic carbocycles. The van der Waals surface area contributed by atoms with Gasteiger partial charge in [-0.25, -0.2) is 9.97 Å². The average Bonchev–Trinajstić information content (AvgIpc) is 2.20. The summed E-state index contributed by atoms with van der Waals surface area (Å²) in [7, 11) is 0. The van der Waals surface area contributed by atoms with Gasteiger partial charge in [0.1, 0.15) is 0 Å². The summed E-state index contributed by atoms with van der Waals surface area (Å²) in [5, 5.41) is 0. The summed E-state index contributed by atoms with van der Waals surface area (Å²) in [4.78, 5) is 16.7. The van der Waals surface area contributed by atoms with Gasteiger partial charge < -0.3 is 0 Å². The molecule has 1 heterocycles. The number of rotatable bonds is 1. The summed E-state index contributed by atoms with van der Waals surface area (Å²) in [6.07, 6.45) is -2.84. The van der Waals surface area contributed by atoms with Gasteiger partial charge in [0, 0.05) is 12.4 Å². The lowest BCUT2D eigenvalue weighted by atomic mass is 10.2. The van der Waals surface area contributed by atoms with Gasteiger partial charge in [-0.3, -0.25) is 4.79 Å². The molecule has 0 fully saturated rings. The number of aromatic nitrogens is 2. The van der Waals surface area contributed by atoms with Gasteiger partial charge >= 0.3 is 6.18 Å². The summed E-state index contributed by atoms with van der Waals surface area (Å²) < 4.78 is 35.7. The molecule has 0 radical (unpaired) electrons. The summed E-state index contributed by atoms with van der Waals surface area (Å²) in [6, 6.07) is 0. The number of hydrogen-bond acceptors (Lipinski definition) is 3. The van der Waals surface area contributed by atoms with Crippen LogP contribution in [0.2, 0.25) is 0 Å². The molecule has 6 heteroatoms. The molecular weight excluding hydrogens is 209 g/mol. The highest BCUT2D eigenvalue weighted by Crippen LogP contribution is 2.25. The highest BCUT2D eigenvalue weighted by molar-refractivity contribution is 5.93. The van der Waals surface area contributed by atoms with E-state index in [1.165, 1.54) is 6.92 Å². The van der Waals surface area contributed by atoms with E-state index in [2.05, 4.69) is 9.97 Å². The minimum atomic E-state index is -4.56. The molecule has 1 aromatic heterocycles. The largest absolute Gasteiger partial charge is 0.451 e. The molecule has 0 spiro atoms. The third-order valence-corrected chi connectivity index (χ3v) is 1.31. The average molecular weight is 220 g/mol. The molecule has 1 aromatic rings. The quantitative estimate of drug-likeness (QED) is 0.683. The van der Waals surface area contributed by atoms with Crippen LogP contribution in [0.25, 0.3) is 0 Å². The summed E-state index contributed by atoms with van der Waals surface area (Å²) in [5.41, 5.74) is 0.0630. The van der Waals surface area contributed by atoms with Gasteiger partial charge in [0.15, 0.2) is 5.78 Å². The highest BCUT2D eigenvalue weighted by atomic mass is 19.4. The minimum absolute atomic E-state index is 0.0630. The Kier molecular flexibility index (Phi) is 4.90. The third-order valence-electron chi connectivity index (χ3n) is 1.31. The van der Waals surface area contributed by atoms with Crippen molar-refractivity contribution in [3.8, 4) is 0 Å².